The van der Waals surface area contributed by atoms with E-state index < -0.39 is 48.5 Å². The molecule has 3 unspecified atom stereocenters. The molecule has 0 aromatic heterocycles. The van der Waals surface area contributed by atoms with Gasteiger partial charge in [-0.3, -0.25) is 28.8 Å². The highest BCUT2D eigenvalue weighted by Gasteiger charge is 2.23. The number of hydrogen-bond acceptors (Lipinski definition) is 15. The Labute approximate surface area is 436 Å². The van der Waals surface area contributed by atoms with Gasteiger partial charge in [0.1, 0.15) is 25.9 Å². The van der Waals surface area contributed by atoms with Gasteiger partial charge in [-0.1, -0.05) is 156 Å². The zero-order valence-corrected chi connectivity index (χ0v) is 46.5. The molecule has 0 aliphatic heterocycles. The number of hydrogen-bond donors (Lipinski definition) is 1. The molecule has 1 N–H and O–H groups in total. The van der Waals surface area contributed by atoms with E-state index in [2.05, 4.69) is 27.7 Å². The first-order valence-electron chi connectivity index (χ1n) is 28.8. The van der Waals surface area contributed by atoms with Gasteiger partial charge in [-0.15, -0.1) is 0 Å². The van der Waals surface area contributed by atoms with Gasteiger partial charge in [-0.05, 0) is 84.8 Å². The van der Waals surface area contributed by atoms with Crippen molar-refractivity contribution in [3.05, 3.63) is 0 Å². The zero-order valence-electron chi connectivity index (χ0n) is 46.5. The van der Waals surface area contributed by atoms with Crippen molar-refractivity contribution in [1.82, 2.24) is 4.90 Å². The van der Waals surface area contributed by atoms with Crippen LogP contribution >= 0.6 is 0 Å². The zero-order chi connectivity index (χ0) is 53.3. The SMILES string of the molecule is CCCCCCCCC(=O)OCC(COC(=O)CCCCCCCC)OC(=O)CCCC(CCCC(=O)OC(COC(=O)CCCCCCCC)COC(O)CCCCCCCC)OC(=O)CCCN(C)C. The molecular formula is C57H105NO14. The predicted octanol–water partition coefficient (Wildman–Crippen LogP) is 12.4. The van der Waals surface area contributed by atoms with Gasteiger partial charge in [-0.2, -0.15) is 0 Å². The number of unbranched alkanes of at least 4 members (excludes halogenated alkanes) is 20. The molecule has 422 valence electrons. The first-order chi connectivity index (χ1) is 34.8. The third-order valence-corrected chi connectivity index (χ3v) is 12.5. The van der Waals surface area contributed by atoms with Crippen LogP contribution in [0.5, 0.6) is 0 Å². The highest BCUT2D eigenvalue weighted by molar-refractivity contribution is 5.72. The summed E-state index contributed by atoms with van der Waals surface area (Å²) in [6.07, 6.45) is 24.5. The number of carbonyl (C=O) groups is 6. The number of aliphatic hydroxyl groups is 1. The van der Waals surface area contributed by atoms with E-state index in [4.69, 9.17) is 33.2 Å². The first-order valence-corrected chi connectivity index (χ1v) is 28.8. The minimum absolute atomic E-state index is 0.0178. The van der Waals surface area contributed by atoms with E-state index in [1.54, 1.807) is 0 Å². The van der Waals surface area contributed by atoms with Crippen LogP contribution in [0.15, 0.2) is 0 Å². The first kappa shape index (κ1) is 68.7. The van der Waals surface area contributed by atoms with Crippen LogP contribution in [0.4, 0.5) is 0 Å². The summed E-state index contributed by atoms with van der Waals surface area (Å²) in [7, 11) is 3.85. The highest BCUT2D eigenvalue weighted by atomic mass is 16.6. The minimum Gasteiger partial charge on any atom is -0.462 e. The van der Waals surface area contributed by atoms with Gasteiger partial charge in [0.15, 0.2) is 18.5 Å². The summed E-state index contributed by atoms with van der Waals surface area (Å²) in [5.74, 6) is -2.67. The van der Waals surface area contributed by atoms with Gasteiger partial charge in [0.25, 0.3) is 0 Å². The molecule has 0 rings (SSSR count). The molecule has 72 heavy (non-hydrogen) atoms. The summed E-state index contributed by atoms with van der Waals surface area (Å²) < 4.78 is 39.4. The topological polar surface area (TPSA) is 190 Å². The standard InChI is InChI=1S/C57H105NO14/c1-7-11-15-19-23-27-36-51(59)66-44-49(45-67-52(60)37-28-24-20-16-12-8-2)71-55(63)40-31-34-48(70-57(65)42-33-43-58(5)6)35-32-41-56(64)72-50(46-68-53(61)38-29-25-21-17-13-9-3)47-69-54(62)39-30-26-22-18-14-10-4/h48-51,59H,7-47H2,1-6H3. The van der Waals surface area contributed by atoms with Crippen LogP contribution in [0.2, 0.25) is 0 Å². The molecule has 0 aromatic rings. The molecular weight excluding hydrogens is 923 g/mol. The Morgan fingerprint density at radius 2 is 0.653 bits per heavy atom. The average molecular weight is 1030 g/mol. The Hall–Kier alpha value is -3.30. The summed E-state index contributed by atoms with van der Waals surface area (Å²) in [4.78, 5) is 79.1. The molecule has 0 fully saturated rings. The lowest BCUT2D eigenvalue weighted by Gasteiger charge is -2.21. The number of carbonyl (C=O) groups excluding carboxylic acids is 6. The molecule has 0 bridgehead atoms. The Morgan fingerprint density at radius 3 is 1.03 bits per heavy atom. The summed E-state index contributed by atoms with van der Waals surface area (Å²) in [6, 6.07) is 0. The van der Waals surface area contributed by atoms with Crippen molar-refractivity contribution in [2.75, 3.05) is 47.1 Å². The van der Waals surface area contributed by atoms with Crippen molar-refractivity contribution in [1.29, 1.82) is 0 Å². The molecule has 0 aliphatic carbocycles. The molecule has 0 aliphatic rings. The molecule has 0 aromatic carbocycles. The van der Waals surface area contributed by atoms with Crippen molar-refractivity contribution in [3.8, 4) is 0 Å². The van der Waals surface area contributed by atoms with Gasteiger partial charge < -0.3 is 43.2 Å². The molecule has 0 heterocycles. The van der Waals surface area contributed by atoms with E-state index in [-0.39, 0.29) is 76.9 Å². The Balaban J connectivity index is 5.55. The smallest absolute Gasteiger partial charge is 0.306 e. The highest BCUT2D eigenvalue weighted by Crippen LogP contribution is 2.18. The molecule has 3 atom stereocenters. The second kappa shape index (κ2) is 49.9. The van der Waals surface area contributed by atoms with Gasteiger partial charge in [0.2, 0.25) is 0 Å². The number of ether oxygens (including phenoxy) is 7. The average Bonchev–Trinajstić information content (AvgIpc) is 3.34. The van der Waals surface area contributed by atoms with Crippen molar-refractivity contribution in [3.63, 3.8) is 0 Å². The maximum absolute atomic E-state index is 13.2. The maximum Gasteiger partial charge on any atom is 0.306 e. The molecule has 0 radical (unpaired) electrons. The van der Waals surface area contributed by atoms with Crippen LogP contribution in [0.25, 0.3) is 0 Å². The molecule has 15 nitrogen and oxygen atoms in total. The largest absolute Gasteiger partial charge is 0.462 e. The second-order valence-corrected chi connectivity index (χ2v) is 20.0. The van der Waals surface area contributed by atoms with Crippen LogP contribution in [0, 0.1) is 0 Å². The molecule has 0 spiro atoms. The molecule has 0 saturated carbocycles. The van der Waals surface area contributed by atoms with E-state index in [0.717, 1.165) is 116 Å². The third kappa shape index (κ3) is 46.5. The Bertz CT molecular complexity index is 1310. The van der Waals surface area contributed by atoms with Crippen LogP contribution in [-0.2, 0) is 61.9 Å². The Kier molecular flexibility index (Phi) is 47.6. The number of aliphatic hydroxyl groups excluding tert-OH is 1. The molecule has 15 heteroatoms. The maximum atomic E-state index is 13.2. The molecule has 0 saturated heterocycles. The normalized spacial score (nSPS) is 12.6. The van der Waals surface area contributed by atoms with Gasteiger partial charge >= 0.3 is 35.8 Å². The lowest BCUT2D eigenvalue weighted by molar-refractivity contribution is -0.173. The fourth-order valence-corrected chi connectivity index (χ4v) is 8.04. The van der Waals surface area contributed by atoms with Crippen LogP contribution < -0.4 is 0 Å². The summed E-state index contributed by atoms with van der Waals surface area (Å²) >= 11 is 0. The van der Waals surface area contributed by atoms with Crippen molar-refractivity contribution < 1.29 is 67.0 Å². The third-order valence-electron chi connectivity index (χ3n) is 12.5. The van der Waals surface area contributed by atoms with E-state index in [9.17, 15) is 33.9 Å². The fraction of sp³-hybridized carbons (Fsp3) is 0.895. The van der Waals surface area contributed by atoms with Crippen molar-refractivity contribution >= 4 is 35.8 Å². The summed E-state index contributed by atoms with van der Waals surface area (Å²) in [5.41, 5.74) is 0. The fourth-order valence-electron chi connectivity index (χ4n) is 8.04. The summed E-state index contributed by atoms with van der Waals surface area (Å²) in [5, 5.41) is 10.5. The van der Waals surface area contributed by atoms with E-state index in [1.807, 2.05) is 19.0 Å². The van der Waals surface area contributed by atoms with E-state index in [0.29, 0.717) is 57.9 Å². The predicted molar refractivity (Wildman–Crippen MR) is 282 cm³/mol. The lowest BCUT2D eigenvalue weighted by atomic mass is 10.1. The minimum atomic E-state index is -1.04. The Morgan fingerprint density at radius 1 is 0.347 bits per heavy atom. The monoisotopic (exact) mass is 1030 g/mol. The number of nitrogens with zero attached hydrogens (tertiary/aromatic N) is 1. The van der Waals surface area contributed by atoms with Gasteiger partial charge in [0.05, 0.1) is 6.61 Å². The number of rotatable bonds is 52. The molecule has 0 amide bonds. The van der Waals surface area contributed by atoms with E-state index >= 15 is 0 Å². The second-order valence-electron chi connectivity index (χ2n) is 20.0. The van der Waals surface area contributed by atoms with Crippen molar-refractivity contribution in [2.24, 2.45) is 0 Å². The summed E-state index contributed by atoms with van der Waals surface area (Å²) in [6.45, 7) is 8.53. The quantitative estimate of drug-likeness (QED) is 0.0262. The van der Waals surface area contributed by atoms with Crippen LogP contribution in [-0.4, -0.2) is 117 Å². The lowest BCUT2D eigenvalue weighted by Crippen LogP contribution is -2.32. The van der Waals surface area contributed by atoms with Crippen molar-refractivity contribution in [2.45, 2.75) is 283 Å². The van der Waals surface area contributed by atoms with Gasteiger partial charge in [0, 0.05) is 38.5 Å². The van der Waals surface area contributed by atoms with Crippen LogP contribution in [0.3, 0.4) is 0 Å². The number of esters is 6. The van der Waals surface area contributed by atoms with E-state index in [1.165, 1.54) is 25.7 Å². The van der Waals surface area contributed by atoms with Gasteiger partial charge in [-0.25, -0.2) is 0 Å². The van der Waals surface area contributed by atoms with Crippen LogP contribution in [0.1, 0.15) is 259 Å².